The van der Waals surface area contributed by atoms with Crippen LogP contribution in [-0.2, 0) is 0 Å². The number of hydrogen-bond donors (Lipinski definition) is 2. The predicted octanol–water partition coefficient (Wildman–Crippen LogP) is 2.85. The van der Waals surface area contributed by atoms with Crippen LogP contribution in [0, 0.1) is 0 Å². The van der Waals surface area contributed by atoms with E-state index < -0.39 is 0 Å². The summed E-state index contributed by atoms with van der Waals surface area (Å²) in [4.78, 5) is 4.21. The Kier molecular flexibility index (Phi) is 2.87. The van der Waals surface area contributed by atoms with Crippen molar-refractivity contribution in [2.75, 3.05) is 0 Å². The van der Waals surface area contributed by atoms with Gasteiger partial charge < -0.3 is 10.2 Å². The molecule has 0 bridgehead atoms. The number of phenolic OH excluding ortho intramolecular Hbond substituents is 2. The van der Waals surface area contributed by atoms with Gasteiger partial charge in [-0.25, -0.2) is 0 Å². The number of rotatable bonds is 2. The average molecular weight is 213 g/mol. The first-order valence-corrected chi connectivity index (χ1v) is 4.86. The fourth-order valence-electron chi connectivity index (χ4n) is 1.29. The quantitative estimate of drug-likeness (QED) is 0.753. The third-order valence-corrected chi connectivity index (χ3v) is 2.08. The predicted molar refractivity (Wildman–Crippen MR) is 63.5 cm³/mol. The summed E-state index contributed by atoms with van der Waals surface area (Å²) in [7, 11) is 0. The molecule has 0 spiro atoms. The van der Waals surface area contributed by atoms with Gasteiger partial charge in [0.2, 0.25) is 0 Å². The lowest BCUT2D eigenvalue weighted by Crippen LogP contribution is -1.78. The van der Waals surface area contributed by atoms with Gasteiger partial charge in [-0.05, 0) is 42.0 Å². The standard InChI is InChI=1S/C13H11NO2/c15-12-6-4-11(5-7-12)14-9-10-2-1-3-13(16)8-10/h1-9,15-16H/b14-9+. The summed E-state index contributed by atoms with van der Waals surface area (Å²) in [6.07, 6.45) is 1.66. The molecule has 0 heterocycles. The van der Waals surface area contributed by atoms with Gasteiger partial charge in [-0.2, -0.15) is 0 Å². The maximum absolute atomic E-state index is 9.25. The van der Waals surface area contributed by atoms with Crippen LogP contribution in [0.5, 0.6) is 11.5 Å². The fraction of sp³-hybridized carbons (Fsp3) is 0. The first-order chi connectivity index (χ1) is 7.74. The average Bonchev–Trinajstić information content (AvgIpc) is 2.28. The first-order valence-electron chi connectivity index (χ1n) is 4.86. The van der Waals surface area contributed by atoms with Crippen LogP contribution in [0.4, 0.5) is 5.69 Å². The van der Waals surface area contributed by atoms with Crippen molar-refractivity contribution in [1.29, 1.82) is 0 Å². The molecule has 3 nitrogen and oxygen atoms in total. The van der Waals surface area contributed by atoms with E-state index in [9.17, 15) is 5.11 Å². The van der Waals surface area contributed by atoms with E-state index in [1.54, 1.807) is 48.7 Å². The molecule has 0 aromatic heterocycles. The summed E-state index contributed by atoms with van der Waals surface area (Å²) in [6, 6.07) is 13.4. The van der Waals surface area contributed by atoms with Crippen LogP contribution >= 0.6 is 0 Å². The summed E-state index contributed by atoms with van der Waals surface area (Å²) in [5.74, 6) is 0.436. The van der Waals surface area contributed by atoms with Crippen LogP contribution in [0.15, 0.2) is 53.5 Å². The zero-order chi connectivity index (χ0) is 11.4. The molecule has 80 valence electrons. The van der Waals surface area contributed by atoms with E-state index in [2.05, 4.69) is 4.99 Å². The molecule has 2 N–H and O–H groups in total. The zero-order valence-corrected chi connectivity index (χ0v) is 8.54. The van der Waals surface area contributed by atoms with Gasteiger partial charge in [0.1, 0.15) is 11.5 Å². The minimum absolute atomic E-state index is 0.217. The molecule has 0 aliphatic carbocycles. The van der Waals surface area contributed by atoms with Crippen LogP contribution in [-0.4, -0.2) is 16.4 Å². The third kappa shape index (κ3) is 2.60. The van der Waals surface area contributed by atoms with Crippen molar-refractivity contribution in [2.24, 2.45) is 4.99 Å². The summed E-state index contributed by atoms with van der Waals surface area (Å²) in [5, 5.41) is 18.3. The monoisotopic (exact) mass is 213 g/mol. The van der Waals surface area contributed by atoms with Crippen molar-refractivity contribution in [3.63, 3.8) is 0 Å². The summed E-state index contributed by atoms with van der Waals surface area (Å²) >= 11 is 0. The van der Waals surface area contributed by atoms with Gasteiger partial charge in [0, 0.05) is 6.21 Å². The van der Waals surface area contributed by atoms with Gasteiger partial charge in [0.15, 0.2) is 0 Å². The van der Waals surface area contributed by atoms with E-state index in [0.717, 1.165) is 11.3 Å². The number of phenols is 2. The van der Waals surface area contributed by atoms with Crippen molar-refractivity contribution in [3.05, 3.63) is 54.1 Å². The molecule has 2 aromatic rings. The Morgan fingerprint density at radius 3 is 2.31 bits per heavy atom. The number of hydrogen-bond acceptors (Lipinski definition) is 3. The van der Waals surface area contributed by atoms with Crippen LogP contribution < -0.4 is 0 Å². The molecule has 0 atom stereocenters. The molecular weight excluding hydrogens is 202 g/mol. The summed E-state index contributed by atoms with van der Waals surface area (Å²) in [5.41, 5.74) is 1.58. The zero-order valence-electron chi connectivity index (χ0n) is 8.54. The second-order valence-electron chi connectivity index (χ2n) is 3.37. The number of aromatic hydroxyl groups is 2. The highest BCUT2D eigenvalue weighted by molar-refractivity contribution is 5.82. The highest BCUT2D eigenvalue weighted by Gasteiger charge is 1.91. The van der Waals surface area contributed by atoms with E-state index in [-0.39, 0.29) is 11.5 Å². The maximum atomic E-state index is 9.25. The lowest BCUT2D eigenvalue weighted by atomic mass is 10.2. The van der Waals surface area contributed by atoms with Gasteiger partial charge in [-0.15, -0.1) is 0 Å². The molecule has 16 heavy (non-hydrogen) atoms. The molecule has 0 amide bonds. The van der Waals surface area contributed by atoms with Crippen LogP contribution in [0.25, 0.3) is 0 Å². The van der Waals surface area contributed by atoms with E-state index >= 15 is 0 Å². The molecule has 2 aromatic carbocycles. The summed E-state index contributed by atoms with van der Waals surface area (Å²) in [6.45, 7) is 0. The van der Waals surface area contributed by atoms with E-state index in [1.165, 1.54) is 0 Å². The molecule has 3 heteroatoms. The molecule has 0 aliphatic heterocycles. The van der Waals surface area contributed by atoms with Crippen molar-refractivity contribution in [1.82, 2.24) is 0 Å². The smallest absolute Gasteiger partial charge is 0.116 e. The third-order valence-electron chi connectivity index (χ3n) is 2.08. The Labute approximate surface area is 93.3 Å². The Hall–Kier alpha value is -2.29. The maximum Gasteiger partial charge on any atom is 0.116 e. The number of benzene rings is 2. The molecule has 0 aliphatic rings. The topological polar surface area (TPSA) is 52.8 Å². The lowest BCUT2D eigenvalue weighted by molar-refractivity contribution is 0.475. The highest BCUT2D eigenvalue weighted by Crippen LogP contribution is 2.17. The van der Waals surface area contributed by atoms with Crippen LogP contribution in [0.1, 0.15) is 5.56 Å². The Morgan fingerprint density at radius 2 is 1.62 bits per heavy atom. The highest BCUT2D eigenvalue weighted by atomic mass is 16.3. The van der Waals surface area contributed by atoms with Crippen LogP contribution in [0.3, 0.4) is 0 Å². The van der Waals surface area contributed by atoms with Crippen molar-refractivity contribution < 1.29 is 10.2 Å². The largest absolute Gasteiger partial charge is 0.508 e. The molecule has 0 saturated heterocycles. The molecule has 0 unspecified atom stereocenters. The minimum atomic E-state index is 0.217. The number of nitrogens with zero attached hydrogens (tertiary/aromatic N) is 1. The SMILES string of the molecule is Oc1ccc(/N=C/c2cccc(O)c2)cc1. The molecule has 0 radical (unpaired) electrons. The Balaban J connectivity index is 2.18. The molecular formula is C13H11NO2. The fourth-order valence-corrected chi connectivity index (χ4v) is 1.29. The van der Waals surface area contributed by atoms with Crippen molar-refractivity contribution >= 4 is 11.9 Å². The van der Waals surface area contributed by atoms with Gasteiger partial charge in [-0.1, -0.05) is 12.1 Å². The normalized spacial score (nSPS) is 10.8. The Morgan fingerprint density at radius 1 is 0.875 bits per heavy atom. The second kappa shape index (κ2) is 4.49. The van der Waals surface area contributed by atoms with Crippen molar-refractivity contribution in [2.45, 2.75) is 0 Å². The van der Waals surface area contributed by atoms with E-state index in [1.807, 2.05) is 6.07 Å². The second-order valence-corrected chi connectivity index (χ2v) is 3.37. The van der Waals surface area contributed by atoms with E-state index in [4.69, 9.17) is 5.11 Å². The molecule has 2 rings (SSSR count). The first kappa shape index (κ1) is 10.2. The van der Waals surface area contributed by atoms with Crippen LogP contribution in [0.2, 0.25) is 0 Å². The summed E-state index contributed by atoms with van der Waals surface area (Å²) < 4.78 is 0. The lowest BCUT2D eigenvalue weighted by Gasteiger charge is -1.95. The molecule has 0 saturated carbocycles. The van der Waals surface area contributed by atoms with Gasteiger partial charge in [0.25, 0.3) is 0 Å². The van der Waals surface area contributed by atoms with Crippen molar-refractivity contribution in [3.8, 4) is 11.5 Å². The minimum Gasteiger partial charge on any atom is -0.508 e. The van der Waals surface area contributed by atoms with Gasteiger partial charge >= 0.3 is 0 Å². The van der Waals surface area contributed by atoms with Gasteiger partial charge in [-0.3, -0.25) is 4.99 Å². The molecule has 0 fully saturated rings. The Bertz CT molecular complexity index is 504. The number of aliphatic imine (C=N–C) groups is 1. The van der Waals surface area contributed by atoms with E-state index in [0.29, 0.717) is 0 Å². The van der Waals surface area contributed by atoms with Gasteiger partial charge in [0.05, 0.1) is 5.69 Å².